The fraction of sp³-hybridized carbons (Fsp3) is 0.588. The summed E-state index contributed by atoms with van der Waals surface area (Å²) < 4.78 is 26.7. The second kappa shape index (κ2) is 8.09. The monoisotopic (exact) mass is 353 g/mol. The summed E-state index contributed by atoms with van der Waals surface area (Å²) >= 11 is 0. The van der Waals surface area contributed by atoms with Crippen molar-refractivity contribution >= 4 is 15.9 Å². The van der Waals surface area contributed by atoms with E-state index >= 15 is 0 Å². The molecule has 2 N–H and O–H groups in total. The van der Waals surface area contributed by atoms with Crippen LogP contribution in [0.1, 0.15) is 42.6 Å². The van der Waals surface area contributed by atoms with Crippen LogP contribution in [0.5, 0.6) is 0 Å². The predicted octanol–water partition coefficient (Wildman–Crippen LogP) is 1.51. The summed E-state index contributed by atoms with van der Waals surface area (Å²) in [5.74, 6) is -0.210. The van der Waals surface area contributed by atoms with E-state index in [9.17, 15) is 13.2 Å². The standard InChI is InChI=1S/C17H27N3O3S/c1-4-20(5-2)24(22,23)15-9-8-13(3)16(11-15)17(21)19-14-7-6-10-18-12-14/h8-9,11,14,18H,4-7,10,12H2,1-3H3,(H,19,21)/t14-/m0/s1. The third-order valence-corrected chi connectivity index (χ3v) is 6.47. The van der Waals surface area contributed by atoms with E-state index in [1.165, 1.54) is 10.4 Å². The molecular formula is C17H27N3O3S. The molecule has 1 saturated heterocycles. The number of sulfonamides is 1. The number of rotatable bonds is 6. The zero-order valence-electron chi connectivity index (χ0n) is 14.6. The SMILES string of the molecule is CCN(CC)S(=O)(=O)c1ccc(C)c(C(=O)N[C@H]2CCCNC2)c1. The van der Waals surface area contributed by atoms with Crippen molar-refractivity contribution in [3.63, 3.8) is 0 Å². The van der Waals surface area contributed by atoms with Gasteiger partial charge in [-0.05, 0) is 44.0 Å². The van der Waals surface area contributed by atoms with Crippen LogP contribution in [0.2, 0.25) is 0 Å². The van der Waals surface area contributed by atoms with E-state index in [-0.39, 0.29) is 16.8 Å². The minimum absolute atomic E-state index is 0.0914. The quantitative estimate of drug-likeness (QED) is 0.812. The van der Waals surface area contributed by atoms with Crippen LogP contribution in [0.25, 0.3) is 0 Å². The van der Waals surface area contributed by atoms with E-state index in [0.29, 0.717) is 18.7 Å². The summed E-state index contributed by atoms with van der Waals surface area (Å²) in [5.41, 5.74) is 1.20. The highest BCUT2D eigenvalue weighted by molar-refractivity contribution is 7.89. The molecule has 1 fully saturated rings. The molecule has 134 valence electrons. The van der Waals surface area contributed by atoms with Crippen molar-refractivity contribution in [2.75, 3.05) is 26.2 Å². The second-order valence-corrected chi connectivity index (χ2v) is 8.02. The number of carbonyl (C=O) groups is 1. The van der Waals surface area contributed by atoms with Crippen molar-refractivity contribution in [3.8, 4) is 0 Å². The summed E-state index contributed by atoms with van der Waals surface area (Å²) in [6.45, 7) is 7.97. The first kappa shape index (κ1) is 18.9. The van der Waals surface area contributed by atoms with Gasteiger partial charge in [-0.2, -0.15) is 4.31 Å². The average Bonchev–Trinajstić information content (AvgIpc) is 2.56. The van der Waals surface area contributed by atoms with E-state index in [1.54, 1.807) is 26.0 Å². The molecule has 24 heavy (non-hydrogen) atoms. The number of piperidine rings is 1. The van der Waals surface area contributed by atoms with Gasteiger partial charge in [-0.1, -0.05) is 19.9 Å². The normalized spacial score (nSPS) is 18.6. The van der Waals surface area contributed by atoms with Gasteiger partial charge in [0.1, 0.15) is 0 Å². The zero-order chi connectivity index (χ0) is 17.7. The molecule has 1 amide bonds. The number of aryl methyl sites for hydroxylation is 1. The van der Waals surface area contributed by atoms with Crippen molar-refractivity contribution in [2.45, 2.75) is 44.6 Å². The molecule has 1 aliphatic heterocycles. The maximum atomic E-state index is 12.7. The first-order valence-corrected chi connectivity index (χ1v) is 9.96. The highest BCUT2D eigenvalue weighted by atomic mass is 32.2. The summed E-state index contributed by atoms with van der Waals surface area (Å²) in [6, 6.07) is 4.86. The molecule has 0 spiro atoms. The van der Waals surface area contributed by atoms with Gasteiger partial charge < -0.3 is 10.6 Å². The molecule has 0 radical (unpaired) electrons. The minimum atomic E-state index is -3.57. The van der Waals surface area contributed by atoms with Gasteiger partial charge in [0.15, 0.2) is 0 Å². The van der Waals surface area contributed by atoms with Gasteiger partial charge in [0, 0.05) is 31.2 Å². The van der Waals surface area contributed by atoms with Crippen LogP contribution in [0.4, 0.5) is 0 Å². The Morgan fingerprint density at radius 3 is 2.62 bits per heavy atom. The Labute approximate surface area is 144 Å². The van der Waals surface area contributed by atoms with Crippen molar-refractivity contribution in [1.29, 1.82) is 0 Å². The van der Waals surface area contributed by atoms with Crippen LogP contribution in [0.3, 0.4) is 0 Å². The van der Waals surface area contributed by atoms with Crippen LogP contribution in [-0.4, -0.2) is 50.9 Å². The molecule has 0 unspecified atom stereocenters. The van der Waals surface area contributed by atoms with Crippen LogP contribution < -0.4 is 10.6 Å². The van der Waals surface area contributed by atoms with Gasteiger partial charge in [0.2, 0.25) is 10.0 Å². The molecule has 1 atom stereocenters. The number of nitrogens with zero attached hydrogens (tertiary/aromatic N) is 1. The molecule has 1 aromatic rings. The van der Waals surface area contributed by atoms with E-state index in [2.05, 4.69) is 10.6 Å². The lowest BCUT2D eigenvalue weighted by atomic mass is 10.1. The van der Waals surface area contributed by atoms with Gasteiger partial charge in [-0.3, -0.25) is 4.79 Å². The Hall–Kier alpha value is -1.44. The number of amides is 1. The van der Waals surface area contributed by atoms with Crippen LogP contribution in [0.15, 0.2) is 23.1 Å². The number of nitrogens with one attached hydrogen (secondary N) is 2. The topological polar surface area (TPSA) is 78.5 Å². The largest absolute Gasteiger partial charge is 0.348 e. The third kappa shape index (κ3) is 4.15. The molecule has 0 bridgehead atoms. The first-order valence-electron chi connectivity index (χ1n) is 8.52. The Morgan fingerprint density at radius 1 is 1.33 bits per heavy atom. The van der Waals surface area contributed by atoms with Crippen LogP contribution in [0, 0.1) is 6.92 Å². The molecule has 1 aromatic carbocycles. The highest BCUT2D eigenvalue weighted by Gasteiger charge is 2.24. The molecule has 2 rings (SSSR count). The van der Waals surface area contributed by atoms with Crippen molar-refractivity contribution < 1.29 is 13.2 Å². The van der Waals surface area contributed by atoms with Gasteiger partial charge in [-0.15, -0.1) is 0 Å². The van der Waals surface area contributed by atoms with Gasteiger partial charge in [0.05, 0.1) is 4.90 Å². The first-order chi connectivity index (χ1) is 11.4. The minimum Gasteiger partial charge on any atom is -0.348 e. The molecule has 1 heterocycles. The highest BCUT2D eigenvalue weighted by Crippen LogP contribution is 2.20. The number of benzene rings is 1. The van der Waals surface area contributed by atoms with Crippen molar-refractivity contribution in [1.82, 2.24) is 14.9 Å². The Morgan fingerprint density at radius 2 is 2.04 bits per heavy atom. The molecule has 0 saturated carbocycles. The van der Waals surface area contributed by atoms with E-state index in [4.69, 9.17) is 0 Å². The molecule has 0 aliphatic carbocycles. The van der Waals surface area contributed by atoms with Gasteiger partial charge >= 0.3 is 0 Å². The average molecular weight is 353 g/mol. The summed E-state index contributed by atoms with van der Waals surface area (Å²) in [4.78, 5) is 12.7. The maximum absolute atomic E-state index is 12.7. The summed E-state index contributed by atoms with van der Waals surface area (Å²) in [5, 5.41) is 6.26. The number of carbonyl (C=O) groups excluding carboxylic acids is 1. The molecule has 0 aromatic heterocycles. The fourth-order valence-corrected chi connectivity index (χ4v) is 4.44. The molecule has 7 heteroatoms. The van der Waals surface area contributed by atoms with Crippen molar-refractivity contribution in [3.05, 3.63) is 29.3 Å². The van der Waals surface area contributed by atoms with Gasteiger partial charge in [0.25, 0.3) is 5.91 Å². The Bertz CT molecular complexity index is 678. The Kier molecular flexibility index (Phi) is 6.37. The second-order valence-electron chi connectivity index (χ2n) is 6.08. The lowest BCUT2D eigenvalue weighted by Gasteiger charge is -2.24. The molecule has 1 aliphatic rings. The van der Waals surface area contributed by atoms with Gasteiger partial charge in [-0.25, -0.2) is 8.42 Å². The summed E-state index contributed by atoms with van der Waals surface area (Å²) in [7, 11) is -3.57. The molecule has 6 nitrogen and oxygen atoms in total. The van der Waals surface area contributed by atoms with E-state index in [1.807, 2.05) is 6.92 Å². The fourth-order valence-electron chi connectivity index (χ4n) is 2.96. The molecular weight excluding hydrogens is 326 g/mol. The smallest absolute Gasteiger partial charge is 0.251 e. The lowest BCUT2D eigenvalue weighted by molar-refractivity contribution is 0.0930. The Balaban J connectivity index is 2.26. The predicted molar refractivity (Wildman–Crippen MR) is 94.6 cm³/mol. The summed E-state index contributed by atoms with van der Waals surface area (Å²) in [6.07, 6.45) is 1.97. The third-order valence-electron chi connectivity index (χ3n) is 4.43. The van der Waals surface area contributed by atoms with Crippen LogP contribution >= 0.6 is 0 Å². The lowest BCUT2D eigenvalue weighted by Crippen LogP contribution is -2.45. The number of hydrogen-bond acceptors (Lipinski definition) is 4. The van der Waals surface area contributed by atoms with Crippen molar-refractivity contribution in [2.24, 2.45) is 0 Å². The van der Waals surface area contributed by atoms with E-state index in [0.717, 1.165) is 31.5 Å². The van der Waals surface area contributed by atoms with E-state index < -0.39 is 10.0 Å². The number of hydrogen-bond donors (Lipinski definition) is 2. The zero-order valence-corrected chi connectivity index (χ0v) is 15.4. The maximum Gasteiger partial charge on any atom is 0.251 e. The van der Waals surface area contributed by atoms with Crippen LogP contribution in [-0.2, 0) is 10.0 Å².